The molecule has 2 rings (SSSR count). The van der Waals surface area contributed by atoms with E-state index in [0.29, 0.717) is 0 Å². The van der Waals surface area contributed by atoms with Crippen LogP contribution in [-0.4, -0.2) is 29.0 Å². The zero-order valence-electron chi connectivity index (χ0n) is 11.3. The van der Waals surface area contributed by atoms with Gasteiger partial charge in [-0.25, -0.2) is 4.99 Å². The van der Waals surface area contributed by atoms with Gasteiger partial charge in [-0.1, -0.05) is 18.2 Å². The number of anilines is 1. The second-order valence-corrected chi connectivity index (χ2v) is 5.56. The van der Waals surface area contributed by atoms with Gasteiger partial charge in [-0.05, 0) is 46.9 Å². The number of hydrogen-bond donors (Lipinski definition) is 1. The van der Waals surface area contributed by atoms with Crippen molar-refractivity contribution >= 4 is 11.5 Å². The third-order valence-electron chi connectivity index (χ3n) is 3.66. The van der Waals surface area contributed by atoms with Crippen LogP contribution in [0.1, 0.15) is 27.7 Å². The van der Waals surface area contributed by atoms with Crippen LogP contribution in [0.3, 0.4) is 0 Å². The summed E-state index contributed by atoms with van der Waals surface area (Å²) in [5, 5.41) is 3.43. The molecule has 0 atom stereocenters. The Hall–Kier alpha value is -1.35. The van der Waals surface area contributed by atoms with E-state index in [1.165, 1.54) is 0 Å². The van der Waals surface area contributed by atoms with Crippen LogP contribution >= 0.6 is 0 Å². The van der Waals surface area contributed by atoms with Crippen LogP contribution in [0.25, 0.3) is 0 Å². The summed E-state index contributed by atoms with van der Waals surface area (Å²) in [6.45, 7) is 8.65. The number of nitrogens with zero attached hydrogens (tertiary/aromatic N) is 2. The molecule has 0 aromatic heterocycles. The van der Waals surface area contributed by atoms with E-state index in [1.54, 1.807) is 0 Å². The Morgan fingerprint density at radius 2 is 1.65 bits per heavy atom. The van der Waals surface area contributed by atoms with Crippen molar-refractivity contribution in [2.75, 3.05) is 12.4 Å². The Balaban J connectivity index is 2.28. The molecule has 0 spiro atoms. The van der Waals surface area contributed by atoms with Crippen LogP contribution in [-0.2, 0) is 0 Å². The van der Waals surface area contributed by atoms with Crippen molar-refractivity contribution in [2.24, 2.45) is 4.99 Å². The van der Waals surface area contributed by atoms with E-state index >= 15 is 0 Å². The van der Waals surface area contributed by atoms with E-state index in [1.807, 2.05) is 18.2 Å². The van der Waals surface area contributed by atoms with Crippen LogP contribution in [0.2, 0.25) is 0 Å². The molecular weight excluding hydrogens is 210 g/mol. The van der Waals surface area contributed by atoms with Gasteiger partial charge in [-0.3, -0.25) is 4.90 Å². The average molecular weight is 231 g/mol. The summed E-state index contributed by atoms with van der Waals surface area (Å²) in [6, 6.07) is 10.2. The molecule has 1 aromatic rings. The van der Waals surface area contributed by atoms with Gasteiger partial charge in [0.05, 0.1) is 5.54 Å². The van der Waals surface area contributed by atoms with Gasteiger partial charge in [0, 0.05) is 5.69 Å². The van der Waals surface area contributed by atoms with Crippen molar-refractivity contribution in [3.05, 3.63) is 30.3 Å². The molecule has 0 unspecified atom stereocenters. The Morgan fingerprint density at radius 1 is 1.06 bits per heavy atom. The number of aliphatic imine (C=N–C) groups is 1. The Bertz CT molecular complexity index is 432. The van der Waals surface area contributed by atoms with E-state index in [9.17, 15) is 0 Å². The molecule has 1 aromatic carbocycles. The molecule has 17 heavy (non-hydrogen) atoms. The van der Waals surface area contributed by atoms with Crippen LogP contribution in [0.5, 0.6) is 0 Å². The van der Waals surface area contributed by atoms with Crippen molar-refractivity contribution in [1.29, 1.82) is 0 Å². The number of para-hydroxylation sites is 1. The molecule has 0 amide bonds. The molecule has 0 fully saturated rings. The van der Waals surface area contributed by atoms with Gasteiger partial charge < -0.3 is 5.32 Å². The Labute approximate surface area is 104 Å². The zero-order valence-corrected chi connectivity index (χ0v) is 11.3. The van der Waals surface area contributed by atoms with E-state index in [0.717, 1.165) is 11.5 Å². The maximum Gasteiger partial charge on any atom is 0.123 e. The highest BCUT2D eigenvalue weighted by Gasteiger charge is 2.44. The minimum atomic E-state index is -0.152. The lowest BCUT2D eigenvalue weighted by atomic mass is 10.0. The number of hydrogen-bond acceptors (Lipinski definition) is 3. The fraction of sp³-hybridized carbons (Fsp3) is 0.500. The maximum absolute atomic E-state index is 4.78. The van der Waals surface area contributed by atoms with E-state index in [-0.39, 0.29) is 11.2 Å². The smallest absolute Gasteiger partial charge is 0.123 e. The molecule has 3 nitrogen and oxygen atoms in total. The van der Waals surface area contributed by atoms with Gasteiger partial charge in [-0.2, -0.15) is 0 Å². The molecular formula is C14H21N3. The van der Waals surface area contributed by atoms with Gasteiger partial charge in [0.25, 0.3) is 0 Å². The highest BCUT2D eigenvalue weighted by Crippen LogP contribution is 2.33. The first-order valence-corrected chi connectivity index (χ1v) is 6.00. The first-order valence-electron chi connectivity index (χ1n) is 6.00. The lowest BCUT2D eigenvalue weighted by Gasteiger charge is -2.36. The standard InChI is InChI=1S/C14H21N3/c1-13(2)12(16-14(3,4)17(13)5)15-11-9-7-6-8-10-11/h6-10H,1-5H3,(H,15,16). The van der Waals surface area contributed by atoms with Gasteiger partial charge >= 0.3 is 0 Å². The minimum absolute atomic E-state index is 0.0701. The topological polar surface area (TPSA) is 27.6 Å². The largest absolute Gasteiger partial charge is 0.342 e. The zero-order chi connectivity index (χ0) is 12.7. The first-order chi connectivity index (χ1) is 7.84. The fourth-order valence-corrected chi connectivity index (χ4v) is 2.17. The number of amidine groups is 1. The van der Waals surface area contributed by atoms with E-state index in [4.69, 9.17) is 4.99 Å². The third-order valence-corrected chi connectivity index (χ3v) is 3.66. The van der Waals surface area contributed by atoms with Gasteiger partial charge in [-0.15, -0.1) is 0 Å². The highest BCUT2D eigenvalue weighted by molar-refractivity contribution is 6.03. The van der Waals surface area contributed by atoms with Gasteiger partial charge in [0.2, 0.25) is 0 Å². The van der Waals surface area contributed by atoms with Crippen molar-refractivity contribution in [1.82, 2.24) is 4.90 Å². The summed E-state index contributed by atoms with van der Waals surface area (Å²) in [5.74, 6) is 1.02. The van der Waals surface area contributed by atoms with Crippen molar-refractivity contribution in [3.8, 4) is 0 Å². The third kappa shape index (κ3) is 2.07. The fourth-order valence-electron chi connectivity index (χ4n) is 2.17. The average Bonchev–Trinajstić information content (AvgIpc) is 2.41. The summed E-state index contributed by atoms with van der Waals surface area (Å²) < 4.78 is 0. The monoisotopic (exact) mass is 231 g/mol. The summed E-state index contributed by atoms with van der Waals surface area (Å²) in [4.78, 5) is 7.06. The van der Waals surface area contributed by atoms with E-state index in [2.05, 4.69) is 57.1 Å². The quantitative estimate of drug-likeness (QED) is 0.804. The second kappa shape index (κ2) is 3.84. The number of rotatable bonds is 1. The molecule has 0 radical (unpaired) electrons. The highest BCUT2D eigenvalue weighted by atomic mass is 15.4. The van der Waals surface area contributed by atoms with Crippen molar-refractivity contribution in [3.63, 3.8) is 0 Å². The summed E-state index contributed by atoms with van der Waals surface area (Å²) in [7, 11) is 2.11. The maximum atomic E-state index is 4.78. The molecule has 0 saturated heterocycles. The molecule has 92 valence electrons. The van der Waals surface area contributed by atoms with Gasteiger partial charge in [0.1, 0.15) is 11.5 Å². The SMILES string of the molecule is CN1C(C)(C)N=C(Nc2ccccc2)C1(C)C. The predicted molar refractivity (Wildman–Crippen MR) is 73.4 cm³/mol. The molecule has 0 saturated carbocycles. The number of likely N-dealkylation sites (N-methyl/N-ethyl adjacent to an activating group) is 1. The number of nitrogens with one attached hydrogen (secondary N) is 1. The lowest BCUT2D eigenvalue weighted by molar-refractivity contribution is 0.120. The van der Waals surface area contributed by atoms with Crippen LogP contribution < -0.4 is 5.32 Å². The van der Waals surface area contributed by atoms with Crippen molar-refractivity contribution < 1.29 is 0 Å². The molecule has 3 heteroatoms. The molecule has 0 aliphatic carbocycles. The summed E-state index contributed by atoms with van der Waals surface area (Å²) >= 11 is 0. The lowest BCUT2D eigenvalue weighted by Crippen LogP contribution is -2.50. The summed E-state index contributed by atoms with van der Waals surface area (Å²) in [6.07, 6.45) is 0. The molecule has 0 bridgehead atoms. The van der Waals surface area contributed by atoms with Crippen molar-refractivity contribution in [2.45, 2.75) is 38.9 Å². The van der Waals surface area contributed by atoms with Gasteiger partial charge in [0.15, 0.2) is 0 Å². The second-order valence-electron chi connectivity index (χ2n) is 5.56. The summed E-state index contributed by atoms with van der Waals surface area (Å²) in [5.41, 5.74) is 0.866. The minimum Gasteiger partial charge on any atom is -0.342 e. The van der Waals surface area contributed by atoms with E-state index < -0.39 is 0 Å². The van der Waals surface area contributed by atoms with Crippen LogP contribution in [0.15, 0.2) is 35.3 Å². The molecule has 1 aliphatic heterocycles. The molecule has 1 heterocycles. The Kier molecular flexibility index (Phi) is 2.74. The number of benzene rings is 1. The molecule has 1 aliphatic rings. The molecule has 1 N–H and O–H groups in total. The normalized spacial score (nSPS) is 22.3. The van der Waals surface area contributed by atoms with Crippen LogP contribution in [0.4, 0.5) is 5.69 Å². The predicted octanol–water partition coefficient (Wildman–Crippen LogP) is 2.96. The van der Waals surface area contributed by atoms with Crippen LogP contribution in [0, 0.1) is 0 Å². The first kappa shape index (κ1) is 12.1. The Morgan fingerprint density at radius 3 is 2.12 bits per heavy atom.